The van der Waals surface area contributed by atoms with Crippen molar-refractivity contribution in [3.05, 3.63) is 106 Å². The summed E-state index contributed by atoms with van der Waals surface area (Å²) in [5, 5.41) is 3.91. The Hall–Kier alpha value is -4.07. The fourth-order valence-electron chi connectivity index (χ4n) is 3.73. The van der Waals surface area contributed by atoms with Crippen molar-refractivity contribution in [2.24, 2.45) is 0 Å². The normalized spacial score (nSPS) is 11.4. The van der Waals surface area contributed by atoms with Gasteiger partial charge in [0, 0.05) is 28.2 Å². The second-order valence-electron chi connectivity index (χ2n) is 7.91. The molecule has 0 saturated carbocycles. The third-order valence-corrected chi connectivity index (χ3v) is 5.63. The number of carbonyl (C=O) groups is 1. The number of hydrogen-bond acceptors (Lipinski definition) is 3. The Morgan fingerprint density at radius 3 is 2.35 bits per heavy atom. The van der Waals surface area contributed by atoms with Gasteiger partial charge in [0.05, 0.1) is 6.54 Å². The van der Waals surface area contributed by atoms with Gasteiger partial charge in [-0.25, -0.2) is 0 Å². The van der Waals surface area contributed by atoms with E-state index in [4.69, 9.17) is 0 Å². The van der Waals surface area contributed by atoms with Crippen molar-refractivity contribution in [3.8, 4) is 5.75 Å². The van der Waals surface area contributed by atoms with E-state index in [1.54, 1.807) is 36.5 Å². The highest BCUT2D eigenvalue weighted by atomic mass is 19.4. The van der Waals surface area contributed by atoms with E-state index in [2.05, 4.69) is 10.1 Å². The topological polar surface area (TPSA) is 60.3 Å². The number of rotatable bonds is 5. The number of amides is 1. The molecule has 0 radical (unpaired) electrons. The summed E-state index contributed by atoms with van der Waals surface area (Å²) in [7, 11) is 0. The maximum Gasteiger partial charge on any atom is 0.573 e. The maximum atomic E-state index is 13.1. The van der Waals surface area contributed by atoms with Crippen molar-refractivity contribution >= 4 is 22.4 Å². The minimum atomic E-state index is -4.76. The van der Waals surface area contributed by atoms with Gasteiger partial charge < -0.3 is 14.6 Å². The Balaban J connectivity index is 1.60. The average Bonchev–Trinajstić information content (AvgIpc) is 2.78. The number of ether oxygens (including phenoxy) is 1. The highest BCUT2D eigenvalue weighted by Crippen LogP contribution is 2.24. The Bertz CT molecular complexity index is 1420. The maximum absolute atomic E-state index is 13.1. The van der Waals surface area contributed by atoms with Crippen LogP contribution in [0.5, 0.6) is 5.75 Å². The summed E-state index contributed by atoms with van der Waals surface area (Å²) in [5.74, 6) is -0.592. The minimum Gasteiger partial charge on any atom is -0.406 e. The number of benzene rings is 3. The number of alkyl halides is 3. The van der Waals surface area contributed by atoms with Crippen LogP contribution in [0.3, 0.4) is 0 Å². The van der Waals surface area contributed by atoms with E-state index in [0.29, 0.717) is 27.6 Å². The summed E-state index contributed by atoms with van der Waals surface area (Å²) >= 11 is 0. The molecule has 8 heteroatoms. The van der Waals surface area contributed by atoms with Crippen molar-refractivity contribution in [3.63, 3.8) is 0 Å². The lowest BCUT2D eigenvalue weighted by atomic mass is 10.0. The number of aryl methyl sites for hydroxylation is 1. The highest BCUT2D eigenvalue weighted by molar-refractivity contribution is 6.09. The first kappa shape index (κ1) is 23.1. The third-order valence-electron chi connectivity index (χ3n) is 5.63. The van der Waals surface area contributed by atoms with Crippen LogP contribution in [-0.4, -0.2) is 16.8 Å². The van der Waals surface area contributed by atoms with Gasteiger partial charge in [0.15, 0.2) is 0 Å². The van der Waals surface area contributed by atoms with Crippen LogP contribution in [0.4, 0.5) is 18.9 Å². The Morgan fingerprint density at radius 1 is 0.941 bits per heavy atom. The molecule has 0 fully saturated rings. The number of nitrogens with one attached hydrogen (secondary N) is 1. The summed E-state index contributed by atoms with van der Waals surface area (Å²) in [4.78, 5) is 25.9. The number of hydrogen-bond donors (Lipinski definition) is 1. The lowest BCUT2D eigenvalue weighted by Crippen LogP contribution is -2.21. The van der Waals surface area contributed by atoms with Gasteiger partial charge in [0.25, 0.3) is 11.5 Å². The van der Waals surface area contributed by atoms with Gasteiger partial charge >= 0.3 is 6.36 Å². The van der Waals surface area contributed by atoms with Gasteiger partial charge in [-0.05, 0) is 66.9 Å². The zero-order chi connectivity index (χ0) is 24.5. The van der Waals surface area contributed by atoms with Crippen LogP contribution in [0.15, 0.2) is 77.7 Å². The van der Waals surface area contributed by atoms with E-state index in [1.807, 2.05) is 26.0 Å². The standard InChI is InChI=1S/C26H21F3N2O3/c1-16-5-3-6-20(17(16)2)24(32)30-23-8-4-7-22-21(23)13-14-31(25(22)33)15-18-9-11-19(12-10-18)34-26(27,28)29/h3-14H,15H2,1-2H3,(H,30,32). The molecule has 34 heavy (non-hydrogen) atoms. The number of fused-ring (bicyclic) bond motifs is 1. The molecule has 1 amide bonds. The zero-order valence-electron chi connectivity index (χ0n) is 18.4. The second-order valence-corrected chi connectivity index (χ2v) is 7.91. The van der Waals surface area contributed by atoms with E-state index >= 15 is 0 Å². The summed E-state index contributed by atoms with van der Waals surface area (Å²) in [6.07, 6.45) is -3.17. The van der Waals surface area contributed by atoms with Crippen LogP contribution in [0.1, 0.15) is 27.0 Å². The molecule has 0 unspecified atom stereocenters. The van der Waals surface area contributed by atoms with Gasteiger partial charge in [-0.15, -0.1) is 13.2 Å². The summed E-state index contributed by atoms with van der Waals surface area (Å²) in [6.45, 7) is 3.98. The smallest absolute Gasteiger partial charge is 0.406 e. The highest BCUT2D eigenvalue weighted by Gasteiger charge is 2.30. The Labute approximate surface area is 193 Å². The predicted molar refractivity (Wildman–Crippen MR) is 124 cm³/mol. The molecule has 4 aromatic rings. The van der Waals surface area contributed by atoms with Crippen LogP contribution in [0.2, 0.25) is 0 Å². The monoisotopic (exact) mass is 466 g/mol. The fourth-order valence-corrected chi connectivity index (χ4v) is 3.73. The van der Waals surface area contributed by atoms with Gasteiger partial charge in [-0.2, -0.15) is 0 Å². The van der Waals surface area contributed by atoms with E-state index in [-0.39, 0.29) is 23.8 Å². The average molecular weight is 466 g/mol. The van der Waals surface area contributed by atoms with Gasteiger partial charge in [-0.1, -0.05) is 30.3 Å². The van der Waals surface area contributed by atoms with E-state index in [1.165, 1.54) is 28.8 Å². The van der Waals surface area contributed by atoms with Crippen LogP contribution in [0, 0.1) is 13.8 Å². The first-order chi connectivity index (χ1) is 16.1. The van der Waals surface area contributed by atoms with E-state index < -0.39 is 6.36 Å². The van der Waals surface area contributed by atoms with Gasteiger partial charge in [0.1, 0.15) is 5.75 Å². The SMILES string of the molecule is Cc1cccc(C(=O)Nc2cccc3c(=O)n(Cc4ccc(OC(F)(F)F)cc4)ccc23)c1C. The number of anilines is 1. The molecule has 174 valence electrons. The number of aromatic nitrogens is 1. The van der Waals surface area contributed by atoms with Crippen molar-refractivity contribution < 1.29 is 22.7 Å². The Kier molecular flexibility index (Phi) is 6.15. The number of nitrogens with zero attached hydrogens (tertiary/aromatic N) is 1. The van der Waals surface area contributed by atoms with Crippen molar-refractivity contribution in [2.45, 2.75) is 26.8 Å². The van der Waals surface area contributed by atoms with Crippen LogP contribution in [-0.2, 0) is 6.54 Å². The molecule has 1 heterocycles. The molecule has 0 atom stereocenters. The third kappa shape index (κ3) is 4.96. The summed E-state index contributed by atoms with van der Waals surface area (Å²) in [5.41, 5.74) is 3.32. The molecular weight excluding hydrogens is 445 g/mol. The molecule has 1 N–H and O–H groups in total. The molecule has 5 nitrogen and oxygen atoms in total. The van der Waals surface area contributed by atoms with E-state index in [0.717, 1.165) is 11.1 Å². The number of pyridine rings is 1. The van der Waals surface area contributed by atoms with E-state index in [9.17, 15) is 22.8 Å². The van der Waals surface area contributed by atoms with Crippen molar-refractivity contribution in [1.29, 1.82) is 0 Å². The first-order valence-corrected chi connectivity index (χ1v) is 10.5. The van der Waals surface area contributed by atoms with Gasteiger partial charge in [0.2, 0.25) is 0 Å². The van der Waals surface area contributed by atoms with Crippen LogP contribution in [0.25, 0.3) is 10.8 Å². The number of halogens is 3. The minimum absolute atomic E-state index is 0.167. The molecular formula is C26H21F3N2O3. The fraction of sp³-hybridized carbons (Fsp3) is 0.154. The quantitative estimate of drug-likeness (QED) is 0.403. The van der Waals surface area contributed by atoms with Crippen molar-refractivity contribution in [1.82, 2.24) is 4.57 Å². The predicted octanol–water partition coefficient (Wildman–Crippen LogP) is 5.82. The second kappa shape index (κ2) is 9.05. The molecule has 0 aliphatic heterocycles. The number of carbonyl (C=O) groups excluding carboxylic acids is 1. The molecule has 1 aromatic heterocycles. The first-order valence-electron chi connectivity index (χ1n) is 10.5. The molecule has 0 aliphatic carbocycles. The molecule has 0 spiro atoms. The molecule has 0 saturated heterocycles. The lowest BCUT2D eigenvalue weighted by molar-refractivity contribution is -0.274. The van der Waals surface area contributed by atoms with Crippen LogP contribution >= 0.6 is 0 Å². The molecule has 0 aliphatic rings. The summed E-state index contributed by atoms with van der Waals surface area (Å²) in [6, 6.07) is 17.7. The summed E-state index contributed by atoms with van der Waals surface area (Å²) < 4.78 is 42.4. The van der Waals surface area contributed by atoms with Crippen molar-refractivity contribution in [2.75, 3.05) is 5.32 Å². The molecule has 0 bridgehead atoms. The zero-order valence-corrected chi connectivity index (χ0v) is 18.4. The van der Waals surface area contributed by atoms with Gasteiger partial charge in [-0.3, -0.25) is 9.59 Å². The Morgan fingerprint density at radius 2 is 1.65 bits per heavy atom. The lowest BCUT2D eigenvalue weighted by Gasteiger charge is -2.13. The van der Waals surface area contributed by atoms with Crippen LogP contribution < -0.4 is 15.6 Å². The molecule has 3 aromatic carbocycles. The molecule has 4 rings (SSSR count). The largest absolute Gasteiger partial charge is 0.573 e.